The Labute approximate surface area is 120 Å². The molecule has 0 aliphatic carbocycles. The van der Waals surface area contributed by atoms with E-state index in [9.17, 15) is 12.6 Å². The van der Waals surface area contributed by atoms with Crippen molar-refractivity contribution in [3.05, 3.63) is 60.2 Å². The lowest BCUT2D eigenvalue weighted by Crippen LogP contribution is -2.23. The third kappa shape index (κ3) is 3.73. The molecule has 0 saturated heterocycles. The molecule has 1 atom stereocenters. The van der Waals surface area contributed by atoms with Crippen molar-refractivity contribution in [1.82, 2.24) is 4.72 Å². The highest BCUT2D eigenvalue weighted by Gasteiger charge is 2.12. The second kappa shape index (κ2) is 6.27. The smallest absolute Gasteiger partial charge is 0.240 e. The van der Waals surface area contributed by atoms with E-state index < -0.39 is 21.1 Å². The standard InChI is InChI=1S/C13H13NO4S2/c15-19(16)12-8-6-11(7-9-12)10-14-20(17,18)13-4-2-1-3-5-13/h1-9,14H,10H2,(H,15,16). The maximum atomic E-state index is 12.0. The number of hydrogen-bond acceptors (Lipinski definition) is 3. The van der Waals surface area contributed by atoms with Gasteiger partial charge in [0, 0.05) is 6.54 Å². The van der Waals surface area contributed by atoms with E-state index in [1.807, 2.05) is 0 Å². The Balaban J connectivity index is 2.07. The molecule has 0 saturated carbocycles. The van der Waals surface area contributed by atoms with E-state index in [4.69, 9.17) is 4.55 Å². The largest absolute Gasteiger partial charge is 0.302 e. The highest BCUT2D eigenvalue weighted by Crippen LogP contribution is 2.10. The van der Waals surface area contributed by atoms with Gasteiger partial charge in [0.05, 0.1) is 9.79 Å². The molecule has 1 unspecified atom stereocenters. The topological polar surface area (TPSA) is 83.5 Å². The molecule has 2 rings (SSSR count). The predicted molar refractivity (Wildman–Crippen MR) is 75.9 cm³/mol. The fraction of sp³-hybridized carbons (Fsp3) is 0.0769. The Morgan fingerprint density at radius 2 is 1.60 bits per heavy atom. The van der Waals surface area contributed by atoms with Gasteiger partial charge >= 0.3 is 0 Å². The van der Waals surface area contributed by atoms with Crippen LogP contribution >= 0.6 is 0 Å². The van der Waals surface area contributed by atoms with Crippen molar-refractivity contribution >= 4 is 21.1 Å². The molecule has 106 valence electrons. The van der Waals surface area contributed by atoms with Gasteiger partial charge < -0.3 is 4.55 Å². The highest BCUT2D eigenvalue weighted by molar-refractivity contribution is 7.89. The van der Waals surface area contributed by atoms with E-state index >= 15 is 0 Å². The molecule has 5 nitrogen and oxygen atoms in total. The minimum Gasteiger partial charge on any atom is -0.302 e. The Bertz CT molecular complexity index is 697. The van der Waals surface area contributed by atoms with Crippen LogP contribution in [0, 0.1) is 0 Å². The second-order valence-electron chi connectivity index (χ2n) is 4.03. The van der Waals surface area contributed by atoms with Crippen molar-refractivity contribution in [3.8, 4) is 0 Å². The maximum absolute atomic E-state index is 12.0. The third-order valence-corrected chi connectivity index (χ3v) is 4.74. The minimum atomic E-state index is -3.54. The van der Waals surface area contributed by atoms with Crippen LogP contribution in [0.3, 0.4) is 0 Å². The molecule has 7 heteroatoms. The van der Waals surface area contributed by atoms with Crippen LogP contribution in [0.15, 0.2) is 64.4 Å². The number of rotatable bonds is 5. The molecule has 0 spiro atoms. The Hall–Kier alpha value is -1.54. The molecule has 2 aromatic rings. The quantitative estimate of drug-likeness (QED) is 0.824. The molecule has 0 radical (unpaired) electrons. The average Bonchev–Trinajstić information content (AvgIpc) is 2.46. The van der Waals surface area contributed by atoms with Crippen LogP contribution in [0.2, 0.25) is 0 Å². The number of hydrogen-bond donors (Lipinski definition) is 2. The van der Waals surface area contributed by atoms with Crippen LogP contribution in [0.5, 0.6) is 0 Å². The number of benzene rings is 2. The molecule has 0 aliphatic rings. The van der Waals surface area contributed by atoms with Crippen LogP contribution in [0.1, 0.15) is 5.56 Å². The fourth-order valence-corrected chi connectivity index (χ4v) is 2.99. The number of nitrogens with one attached hydrogen (secondary N) is 1. The summed E-state index contributed by atoms with van der Waals surface area (Å²) in [6, 6.07) is 14.3. The summed E-state index contributed by atoms with van der Waals surface area (Å²) in [5, 5.41) is 0. The highest BCUT2D eigenvalue weighted by atomic mass is 32.2. The molecular weight excluding hydrogens is 298 g/mol. The summed E-state index contributed by atoms with van der Waals surface area (Å²) in [6.45, 7) is 0.121. The summed E-state index contributed by atoms with van der Waals surface area (Å²) in [6.07, 6.45) is 0. The van der Waals surface area contributed by atoms with Crippen molar-refractivity contribution < 1.29 is 17.2 Å². The molecule has 0 fully saturated rings. The molecule has 0 amide bonds. The van der Waals surface area contributed by atoms with E-state index in [0.717, 1.165) is 0 Å². The van der Waals surface area contributed by atoms with Gasteiger partial charge in [-0.3, -0.25) is 0 Å². The first-order valence-corrected chi connectivity index (χ1v) is 8.32. The first-order valence-electron chi connectivity index (χ1n) is 5.73. The van der Waals surface area contributed by atoms with Crippen molar-refractivity contribution in [2.75, 3.05) is 0 Å². The molecule has 0 bridgehead atoms. The van der Waals surface area contributed by atoms with Crippen molar-refractivity contribution in [3.63, 3.8) is 0 Å². The molecule has 2 N–H and O–H groups in total. The Morgan fingerprint density at radius 1 is 1.00 bits per heavy atom. The van der Waals surface area contributed by atoms with E-state index in [1.165, 1.54) is 24.3 Å². The third-order valence-electron chi connectivity index (χ3n) is 2.64. The van der Waals surface area contributed by atoms with Crippen molar-refractivity contribution in [2.24, 2.45) is 0 Å². The zero-order valence-corrected chi connectivity index (χ0v) is 12.0. The van der Waals surface area contributed by atoms with E-state index in [2.05, 4.69) is 4.72 Å². The lowest BCUT2D eigenvalue weighted by molar-refractivity contribution is 0.564. The summed E-state index contributed by atoms with van der Waals surface area (Å²) in [5.74, 6) is 0. The lowest BCUT2D eigenvalue weighted by atomic mass is 10.2. The molecule has 0 aromatic heterocycles. The van der Waals surface area contributed by atoms with Crippen LogP contribution in [0.25, 0.3) is 0 Å². The zero-order valence-electron chi connectivity index (χ0n) is 10.4. The number of sulfonamides is 1. The van der Waals surface area contributed by atoms with Gasteiger partial charge in [0.2, 0.25) is 10.0 Å². The summed E-state index contributed by atoms with van der Waals surface area (Å²) >= 11 is -2.03. The van der Waals surface area contributed by atoms with E-state index in [-0.39, 0.29) is 16.3 Å². The molecule has 20 heavy (non-hydrogen) atoms. The van der Waals surface area contributed by atoms with Crippen LogP contribution in [-0.4, -0.2) is 17.2 Å². The predicted octanol–water partition coefficient (Wildman–Crippen LogP) is 1.75. The lowest BCUT2D eigenvalue weighted by Gasteiger charge is -2.07. The first kappa shape index (κ1) is 14.9. The monoisotopic (exact) mass is 311 g/mol. The van der Waals surface area contributed by atoms with Gasteiger partial charge in [0.1, 0.15) is 0 Å². The SMILES string of the molecule is O=S(O)c1ccc(CNS(=O)(=O)c2ccccc2)cc1. The molecule has 2 aromatic carbocycles. The Kier molecular flexibility index (Phi) is 4.66. The molecule has 0 aliphatic heterocycles. The zero-order chi connectivity index (χ0) is 14.6. The maximum Gasteiger partial charge on any atom is 0.240 e. The fourth-order valence-electron chi connectivity index (χ4n) is 1.59. The van der Waals surface area contributed by atoms with E-state index in [1.54, 1.807) is 30.3 Å². The van der Waals surface area contributed by atoms with Gasteiger partial charge in [-0.05, 0) is 29.8 Å². The van der Waals surface area contributed by atoms with Gasteiger partial charge in [-0.1, -0.05) is 30.3 Å². The van der Waals surface area contributed by atoms with Gasteiger partial charge in [-0.25, -0.2) is 17.3 Å². The van der Waals surface area contributed by atoms with Crippen LogP contribution in [0.4, 0.5) is 0 Å². The van der Waals surface area contributed by atoms with Crippen molar-refractivity contribution in [1.29, 1.82) is 0 Å². The van der Waals surface area contributed by atoms with E-state index in [0.29, 0.717) is 5.56 Å². The summed E-state index contributed by atoms with van der Waals surface area (Å²) in [5.41, 5.74) is 0.707. The summed E-state index contributed by atoms with van der Waals surface area (Å²) in [4.78, 5) is 0.479. The van der Waals surface area contributed by atoms with Gasteiger partial charge in [0.25, 0.3) is 0 Å². The van der Waals surface area contributed by atoms with Crippen LogP contribution in [-0.2, 0) is 27.6 Å². The second-order valence-corrected chi connectivity index (χ2v) is 6.77. The van der Waals surface area contributed by atoms with Gasteiger partial charge in [-0.15, -0.1) is 0 Å². The van der Waals surface area contributed by atoms with Gasteiger partial charge in [0.15, 0.2) is 11.1 Å². The van der Waals surface area contributed by atoms with Crippen molar-refractivity contribution in [2.45, 2.75) is 16.3 Å². The van der Waals surface area contributed by atoms with Crippen LogP contribution < -0.4 is 4.72 Å². The average molecular weight is 311 g/mol. The van der Waals surface area contributed by atoms with Gasteiger partial charge in [-0.2, -0.15) is 0 Å². The normalized spacial score (nSPS) is 13.1. The molecular formula is C13H13NO4S2. The first-order chi connectivity index (χ1) is 9.49. The summed E-state index contributed by atoms with van der Waals surface area (Å²) in [7, 11) is -3.54. The molecule has 0 heterocycles. The minimum absolute atomic E-state index is 0.121. The summed E-state index contributed by atoms with van der Waals surface area (Å²) < 4.78 is 46.1. The Morgan fingerprint density at radius 3 is 2.15 bits per heavy atom.